The molecule has 86 valence electrons. The Bertz CT molecular complexity index is 471. The van der Waals surface area contributed by atoms with Crippen molar-refractivity contribution < 1.29 is 0 Å². The second-order valence-electron chi connectivity index (χ2n) is 4.72. The summed E-state index contributed by atoms with van der Waals surface area (Å²) in [5, 5.41) is 5.56. The molecule has 0 saturated carbocycles. The molecule has 0 bridgehead atoms. The van der Waals surface area contributed by atoms with E-state index >= 15 is 0 Å². The minimum atomic E-state index is 0.756. The lowest BCUT2D eigenvalue weighted by atomic mass is 10.1. The Hall–Kier alpha value is -1.51. The fourth-order valence-corrected chi connectivity index (χ4v) is 1.91. The van der Waals surface area contributed by atoms with Crippen molar-refractivity contribution in [2.24, 2.45) is 5.92 Å². The van der Waals surface area contributed by atoms with Crippen LogP contribution in [0, 0.1) is 5.92 Å². The zero-order valence-electron chi connectivity index (χ0n) is 9.98. The summed E-state index contributed by atoms with van der Waals surface area (Å²) in [7, 11) is 0. The maximum absolute atomic E-state index is 5.79. The van der Waals surface area contributed by atoms with E-state index in [9.17, 15) is 0 Å². The summed E-state index contributed by atoms with van der Waals surface area (Å²) in [4.78, 5) is 0. The van der Waals surface area contributed by atoms with Gasteiger partial charge < -0.3 is 5.73 Å². The van der Waals surface area contributed by atoms with E-state index in [2.05, 4.69) is 18.9 Å². The highest BCUT2D eigenvalue weighted by Gasteiger charge is 2.03. The summed E-state index contributed by atoms with van der Waals surface area (Å²) in [5.74, 6) is 0.756. The number of nitrogens with two attached hydrogens (primary N) is 1. The van der Waals surface area contributed by atoms with E-state index in [1.54, 1.807) is 0 Å². The van der Waals surface area contributed by atoms with Gasteiger partial charge in [0, 0.05) is 17.6 Å². The highest BCUT2D eigenvalue weighted by atomic mass is 15.3. The number of anilines is 1. The minimum Gasteiger partial charge on any atom is -0.399 e. The van der Waals surface area contributed by atoms with Crippen molar-refractivity contribution in [2.75, 3.05) is 5.73 Å². The first-order chi connectivity index (χ1) is 7.66. The van der Waals surface area contributed by atoms with Crippen LogP contribution < -0.4 is 5.73 Å². The van der Waals surface area contributed by atoms with Gasteiger partial charge in [-0.2, -0.15) is 5.10 Å². The van der Waals surface area contributed by atoms with Crippen LogP contribution in [0.5, 0.6) is 0 Å². The molecule has 0 fully saturated rings. The second kappa shape index (κ2) is 4.56. The molecule has 0 radical (unpaired) electrons. The number of benzene rings is 1. The lowest BCUT2D eigenvalue weighted by Crippen LogP contribution is -2.01. The molecule has 1 aromatic carbocycles. The summed E-state index contributed by atoms with van der Waals surface area (Å²) in [5.41, 5.74) is 7.73. The van der Waals surface area contributed by atoms with Gasteiger partial charge in [-0.25, -0.2) is 0 Å². The van der Waals surface area contributed by atoms with Crippen molar-refractivity contribution in [3.8, 4) is 0 Å². The van der Waals surface area contributed by atoms with Gasteiger partial charge in [-0.3, -0.25) is 4.68 Å². The Morgan fingerprint density at radius 3 is 2.94 bits per heavy atom. The SMILES string of the molecule is CC(C)CCCn1ncc2ccc(N)cc21. The topological polar surface area (TPSA) is 43.8 Å². The number of aryl methyl sites for hydroxylation is 1. The van der Waals surface area contributed by atoms with Crippen LogP contribution in [0.25, 0.3) is 10.9 Å². The average molecular weight is 217 g/mol. The van der Waals surface area contributed by atoms with Crippen molar-refractivity contribution in [3.63, 3.8) is 0 Å². The van der Waals surface area contributed by atoms with Gasteiger partial charge in [0.15, 0.2) is 0 Å². The molecule has 1 aromatic heterocycles. The maximum Gasteiger partial charge on any atom is 0.0702 e. The summed E-state index contributed by atoms with van der Waals surface area (Å²) in [6, 6.07) is 5.94. The smallest absolute Gasteiger partial charge is 0.0702 e. The van der Waals surface area contributed by atoms with Gasteiger partial charge in [0.25, 0.3) is 0 Å². The third-order valence-corrected chi connectivity index (χ3v) is 2.82. The fourth-order valence-electron chi connectivity index (χ4n) is 1.91. The fraction of sp³-hybridized carbons (Fsp3) is 0.462. The van der Waals surface area contributed by atoms with E-state index in [1.807, 2.05) is 29.1 Å². The van der Waals surface area contributed by atoms with Crippen molar-refractivity contribution in [1.82, 2.24) is 9.78 Å². The van der Waals surface area contributed by atoms with E-state index in [-0.39, 0.29) is 0 Å². The van der Waals surface area contributed by atoms with Crippen LogP contribution in [0.1, 0.15) is 26.7 Å². The summed E-state index contributed by atoms with van der Waals surface area (Å²) in [6.07, 6.45) is 4.32. The van der Waals surface area contributed by atoms with E-state index in [0.717, 1.165) is 23.7 Å². The van der Waals surface area contributed by atoms with Gasteiger partial charge in [-0.15, -0.1) is 0 Å². The molecule has 0 unspecified atom stereocenters. The first kappa shape index (κ1) is 11.0. The third kappa shape index (κ3) is 2.35. The molecule has 3 nitrogen and oxygen atoms in total. The van der Waals surface area contributed by atoms with Gasteiger partial charge >= 0.3 is 0 Å². The second-order valence-corrected chi connectivity index (χ2v) is 4.72. The number of hydrogen-bond donors (Lipinski definition) is 1. The largest absolute Gasteiger partial charge is 0.399 e. The van der Waals surface area contributed by atoms with Crippen LogP contribution in [0.15, 0.2) is 24.4 Å². The Labute approximate surface area is 96.2 Å². The van der Waals surface area contributed by atoms with Crippen molar-refractivity contribution in [1.29, 1.82) is 0 Å². The Kier molecular flexibility index (Phi) is 3.13. The molecule has 0 aliphatic heterocycles. The molecule has 0 saturated heterocycles. The van der Waals surface area contributed by atoms with Gasteiger partial charge in [-0.05, 0) is 37.0 Å². The van der Waals surface area contributed by atoms with Crippen LogP contribution in [0.4, 0.5) is 5.69 Å². The Morgan fingerprint density at radius 1 is 1.38 bits per heavy atom. The number of rotatable bonds is 4. The predicted molar refractivity (Wildman–Crippen MR) is 68.2 cm³/mol. The summed E-state index contributed by atoms with van der Waals surface area (Å²) < 4.78 is 2.05. The van der Waals surface area contributed by atoms with Gasteiger partial charge in [0.05, 0.1) is 11.7 Å². The number of fused-ring (bicyclic) bond motifs is 1. The average Bonchev–Trinajstić information content (AvgIpc) is 2.60. The predicted octanol–water partition coefficient (Wildman–Crippen LogP) is 3.05. The van der Waals surface area contributed by atoms with Gasteiger partial charge in [0.2, 0.25) is 0 Å². The standard InChI is InChI=1S/C13H19N3/c1-10(2)4-3-7-16-13-8-12(14)6-5-11(13)9-15-16/h5-6,8-10H,3-4,7,14H2,1-2H3. The van der Waals surface area contributed by atoms with E-state index in [0.29, 0.717) is 0 Å². The Balaban J connectivity index is 2.15. The molecule has 3 heteroatoms. The molecule has 0 aliphatic carbocycles. The summed E-state index contributed by atoms with van der Waals surface area (Å²) in [6.45, 7) is 5.48. The van der Waals surface area contributed by atoms with Crippen LogP contribution in [0.2, 0.25) is 0 Å². The zero-order chi connectivity index (χ0) is 11.5. The number of aromatic nitrogens is 2. The molecule has 2 N–H and O–H groups in total. The first-order valence-corrected chi connectivity index (χ1v) is 5.88. The summed E-state index contributed by atoms with van der Waals surface area (Å²) >= 11 is 0. The molecule has 0 amide bonds. The van der Waals surface area contributed by atoms with Crippen LogP contribution >= 0.6 is 0 Å². The van der Waals surface area contributed by atoms with Gasteiger partial charge in [0.1, 0.15) is 0 Å². The molecular formula is C13H19N3. The minimum absolute atomic E-state index is 0.756. The van der Waals surface area contributed by atoms with Gasteiger partial charge in [-0.1, -0.05) is 13.8 Å². The lowest BCUT2D eigenvalue weighted by Gasteiger charge is -2.06. The van der Waals surface area contributed by atoms with E-state index < -0.39 is 0 Å². The molecule has 0 aliphatic rings. The van der Waals surface area contributed by atoms with Crippen LogP contribution in [0.3, 0.4) is 0 Å². The molecule has 2 rings (SSSR count). The zero-order valence-corrected chi connectivity index (χ0v) is 9.98. The Morgan fingerprint density at radius 2 is 2.19 bits per heavy atom. The number of nitrogens with zero attached hydrogens (tertiary/aromatic N) is 2. The van der Waals surface area contributed by atoms with Crippen molar-refractivity contribution >= 4 is 16.6 Å². The third-order valence-electron chi connectivity index (χ3n) is 2.82. The van der Waals surface area contributed by atoms with Crippen molar-refractivity contribution in [3.05, 3.63) is 24.4 Å². The number of nitrogen functional groups attached to an aromatic ring is 1. The normalized spacial score (nSPS) is 11.4. The molecular weight excluding hydrogens is 198 g/mol. The molecule has 16 heavy (non-hydrogen) atoms. The molecule has 1 heterocycles. The van der Waals surface area contributed by atoms with E-state index in [1.165, 1.54) is 18.2 Å². The van der Waals surface area contributed by atoms with Crippen LogP contribution in [-0.2, 0) is 6.54 Å². The lowest BCUT2D eigenvalue weighted by molar-refractivity contribution is 0.497. The molecule has 0 spiro atoms. The molecule has 0 atom stereocenters. The maximum atomic E-state index is 5.79. The molecule has 2 aromatic rings. The highest BCUT2D eigenvalue weighted by molar-refractivity contribution is 5.81. The monoisotopic (exact) mass is 217 g/mol. The highest BCUT2D eigenvalue weighted by Crippen LogP contribution is 2.17. The first-order valence-electron chi connectivity index (χ1n) is 5.88. The quantitative estimate of drug-likeness (QED) is 0.800. The van der Waals surface area contributed by atoms with Crippen molar-refractivity contribution in [2.45, 2.75) is 33.2 Å². The number of hydrogen-bond acceptors (Lipinski definition) is 2. The van der Waals surface area contributed by atoms with E-state index in [4.69, 9.17) is 5.73 Å². The van der Waals surface area contributed by atoms with Crippen LogP contribution in [-0.4, -0.2) is 9.78 Å².